The maximum absolute atomic E-state index is 5.90. The summed E-state index contributed by atoms with van der Waals surface area (Å²) in [4.78, 5) is 0. The van der Waals surface area contributed by atoms with Gasteiger partial charge in [0.05, 0.1) is 6.61 Å². The summed E-state index contributed by atoms with van der Waals surface area (Å²) in [7, 11) is 0. The minimum atomic E-state index is 0.436. The number of rotatable bonds is 3. The maximum Gasteiger partial charge on any atom is 0.105 e. The molecule has 13 heavy (non-hydrogen) atoms. The first kappa shape index (κ1) is 11.4. The first-order chi connectivity index (χ1) is 6.13. The molecule has 0 amide bonds. The van der Waals surface area contributed by atoms with Crippen LogP contribution in [0.15, 0.2) is 0 Å². The zero-order valence-corrected chi connectivity index (χ0v) is 10.1. The Kier molecular flexibility index (Phi) is 4.11. The number of ether oxygens (including phenoxy) is 1. The molecule has 0 N–H and O–H groups in total. The summed E-state index contributed by atoms with van der Waals surface area (Å²) in [5, 5.41) is 0. The van der Waals surface area contributed by atoms with E-state index in [9.17, 15) is 0 Å². The SMILES string of the molecule is CCC1(CC)COC(C(C)C)SC1. The van der Waals surface area contributed by atoms with Crippen LogP contribution in [0.5, 0.6) is 0 Å². The Morgan fingerprint density at radius 1 is 1.38 bits per heavy atom. The Balaban J connectivity index is 2.45. The lowest BCUT2D eigenvalue weighted by molar-refractivity contribution is 0.00625. The van der Waals surface area contributed by atoms with Gasteiger partial charge in [0.1, 0.15) is 5.44 Å². The van der Waals surface area contributed by atoms with Crippen LogP contribution in [0.1, 0.15) is 40.5 Å². The third-order valence-corrected chi connectivity index (χ3v) is 4.94. The van der Waals surface area contributed by atoms with Crippen molar-refractivity contribution in [2.75, 3.05) is 12.4 Å². The van der Waals surface area contributed by atoms with Gasteiger partial charge in [-0.25, -0.2) is 0 Å². The van der Waals surface area contributed by atoms with Gasteiger partial charge in [-0.15, -0.1) is 11.8 Å². The maximum atomic E-state index is 5.90. The zero-order chi connectivity index (χ0) is 9.90. The molecule has 78 valence electrons. The molecule has 0 aromatic carbocycles. The molecule has 0 aromatic heterocycles. The van der Waals surface area contributed by atoms with E-state index in [1.807, 2.05) is 11.8 Å². The largest absolute Gasteiger partial charge is 0.367 e. The first-order valence-electron chi connectivity index (χ1n) is 5.37. The second-order valence-corrected chi connectivity index (χ2v) is 5.53. The Morgan fingerprint density at radius 3 is 2.31 bits per heavy atom. The van der Waals surface area contributed by atoms with Crippen LogP contribution in [0, 0.1) is 11.3 Å². The average molecular weight is 202 g/mol. The Morgan fingerprint density at radius 2 is 2.00 bits per heavy atom. The third-order valence-electron chi connectivity index (χ3n) is 3.15. The highest BCUT2D eigenvalue weighted by atomic mass is 32.2. The molecule has 0 radical (unpaired) electrons. The molecule has 1 fully saturated rings. The molecule has 1 aliphatic heterocycles. The molecular weight excluding hydrogens is 180 g/mol. The van der Waals surface area contributed by atoms with E-state index in [1.54, 1.807) is 0 Å². The normalized spacial score (nSPS) is 27.9. The number of thioether (sulfide) groups is 1. The molecule has 0 bridgehead atoms. The van der Waals surface area contributed by atoms with Crippen molar-refractivity contribution in [3.05, 3.63) is 0 Å². The van der Waals surface area contributed by atoms with E-state index in [4.69, 9.17) is 4.74 Å². The molecule has 1 atom stereocenters. The summed E-state index contributed by atoms with van der Waals surface area (Å²) >= 11 is 2.01. The average Bonchev–Trinajstić information content (AvgIpc) is 2.18. The van der Waals surface area contributed by atoms with Gasteiger partial charge in [0.15, 0.2) is 0 Å². The predicted molar refractivity (Wildman–Crippen MR) is 60.1 cm³/mol. The summed E-state index contributed by atoms with van der Waals surface area (Å²) < 4.78 is 5.90. The molecule has 1 nitrogen and oxygen atoms in total. The second kappa shape index (κ2) is 4.70. The van der Waals surface area contributed by atoms with Crippen molar-refractivity contribution < 1.29 is 4.74 Å². The van der Waals surface area contributed by atoms with E-state index in [0.29, 0.717) is 16.8 Å². The highest BCUT2D eigenvalue weighted by molar-refractivity contribution is 7.99. The predicted octanol–water partition coefficient (Wildman–Crippen LogP) is 3.54. The van der Waals surface area contributed by atoms with Gasteiger partial charge in [-0.3, -0.25) is 0 Å². The summed E-state index contributed by atoms with van der Waals surface area (Å²) in [6.07, 6.45) is 2.50. The zero-order valence-electron chi connectivity index (χ0n) is 9.30. The number of hydrogen-bond donors (Lipinski definition) is 0. The van der Waals surface area contributed by atoms with Crippen LogP contribution in [0.3, 0.4) is 0 Å². The van der Waals surface area contributed by atoms with E-state index in [-0.39, 0.29) is 0 Å². The van der Waals surface area contributed by atoms with Crippen LogP contribution in [0.2, 0.25) is 0 Å². The second-order valence-electron chi connectivity index (χ2n) is 4.44. The molecule has 1 saturated heterocycles. The quantitative estimate of drug-likeness (QED) is 0.692. The van der Waals surface area contributed by atoms with Crippen LogP contribution in [-0.4, -0.2) is 17.8 Å². The minimum Gasteiger partial charge on any atom is -0.367 e. The van der Waals surface area contributed by atoms with Crippen LogP contribution in [-0.2, 0) is 4.74 Å². The van der Waals surface area contributed by atoms with Crippen molar-refractivity contribution >= 4 is 11.8 Å². The molecule has 2 heteroatoms. The lowest BCUT2D eigenvalue weighted by Gasteiger charge is -2.39. The van der Waals surface area contributed by atoms with E-state index in [2.05, 4.69) is 27.7 Å². The monoisotopic (exact) mass is 202 g/mol. The van der Waals surface area contributed by atoms with E-state index < -0.39 is 0 Å². The van der Waals surface area contributed by atoms with Crippen LogP contribution >= 0.6 is 11.8 Å². The van der Waals surface area contributed by atoms with Crippen molar-refractivity contribution in [2.24, 2.45) is 11.3 Å². The Bertz CT molecular complexity index is 142. The van der Waals surface area contributed by atoms with Gasteiger partial charge in [0.2, 0.25) is 0 Å². The lowest BCUT2D eigenvalue weighted by Crippen LogP contribution is -2.37. The van der Waals surface area contributed by atoms with Gasteiger partial charge in [-0.05, 0) is 18.8 Å². The van der Waals surface area contributed by atoms with Crippen LogP contribution < -0.4 is 0 Å². The number of hydrogen-bond acceptors (Lipinski definition) is 2. The van der Waals surface area contributed by atoms with E-state index >= 15 is 0 Å². The van der Waals surface area contributed by atoms with Crippen LogP contribution in [0.4, 0.5) is 0 Å². The van der Waals surface area contributed by atoms with Crippen molar-refractivity contribution in [1.82, 2.24) is 0 Å². The highest BCUT2D eigenvalue weighted by Crippen LogP contribution is 2.39. The van der Waals surface area contributed by atoms with Crippen molar-refractivity contribution in [3.63, 3.8) is 0 Å². The first-order valence-corrected chi connectivity index (χ1v) is 6.41. The van der Waals surface area contributed by atoms with Gasteiger partial charge in [0.25, 0.3) is 0 Å². The lowest BCUT2D eigenvalue weighted by atomic mass is 9.85. The van der Waals surface area contributed by atoms with Crippen molar-refractivity contribution in [2.45, 2.75) is 46.0 Å². The molecule has 0 spiro atoms. The topological polar surface area (TPSA) is 9.23 Å². The highest BCUT2D eigenvalue weighted by Gasteiger charge is 2.34. The van der Waals surface area contributed by atoms with E-state index in [1.165, 1.54) is 18.6 Å². The Hall–Kier alpha value is 0.310. The summed E-state index contributed by atoms with van der Waals surface area (Å²) in [6, 6.07) is 0. The molecule has 0 saturated carbocycles. The van der Waals surface area contributed by atoms with Gasteiger partial charge >= 0.3 is 0 Å². The molecule has 0 aliphatic carbocycles. The molecule has 1 rings (SSSR count). The summed E-state index contributed by atoms with van der Waals surface area (Å²) in [5.41, 5.74) is 0.905. The fourth-order valence-corrected chi connectivity index (χ4v) is 3.21. The fraction of sp³-hybridized carbons (Fsp3) is 1.00. The van der Waals surface area contributed by atoms with Gasteiger partial charge < -0.3 is 4.74 Å². The third kappa shape index (κ3) is 2.63. The summed E-state index contributed by atoms with van der Waals surface area (Å²) in [5.74, 6) is 1.93. The van der Waals surface area contributed by atoms with Crippen molar-refractivity contribution in [3.8, 4) is 0 Å². The van der Waals surface area contributed by atoms with E-state index in [0.717, 1.165) is 6.61 Å². The van der Waals surface area contributed by atoms with Gasteiger partial charge in [-0.2, -0.15) is 0 Å². The molecule has 1 unspecified atom stereocenters. The fourth-order valence-electron chi connectivity index (χ4n) is 1.65. The molecule has 1 heterocycles. The Labute approximate surface area is 86.6 Å². The van der Waals surface area contributed by atoms with Crippen LogP contribution in [0.25, 0.3) is 0 Å². The summed E-state index contributed by atoms with van der Waals surface area (Å²) in [6.45, 7) is 10.0. The molecule has 0 aromatic rings. The smallest absolute Gasteiger partial charge is 0.105 e. The van der Waals surface area contributed by atoms with Crippen molar-refractivity contribution in [1.29, 1.82) is 0 Å². The van der Waals surface area contributed by atoms with Gasteiger partial charge in [0, 0.05) is 11.2 Å². The standard InChI is InChI=1S/C11H22OS/c1-5-11(6-2)7-12-10(9(3)4)13-8-11/h9-10H,5-8H2,1-4H3. The molecular formula is C11H22OS. The molecule has 1 aliphatic rings. The van der Waals surface area contributed by atoms with Gasteiger partial charge in [-0.1, -0.05) is 27.7 Å². The minimum absolute atomic E-state index is 0.436.